The molecular weight excluding hydrogens is 646 g/mol. The Bertz CT molecular complexity index is 1500. The van der Waals surface area contributed by atoms with E-state index in [2.05, 4.69) is 29.7 Å². The fraction of sp³-hybridized carbons (Fsp3) is 0.500. The molecule has 0 aromatic heterocycles. The Kier molecular flexibility index (Phi) is 14.9. The van der Waals surface area contributed by atoms with E-state index in [1.807, 2.05) is 25.1 Å². The second-order valence-corrected chi connectivity index (χ2v) is 19.0. The molecule has 0 spiro atoms. The maximum atomic E-state index is 13.5. The third-order valence-electron chi connectivity index (χ3n) is 7.49. The summed E-state index contributed by atoms with van der Waals surface area (Å²) in [6, 6.07) is 12.9. The first-order valence-corrected chi connectivity index (χ1v) is 20.0. The molecule has 13 heteroatoms. The predicted octanol–water partition coefficient (Wildman–Crippen LogP) is 7.82. The molecule has 1 heterocycles. The number of nitrogens with zero attached hydrogens (tertiary/aromatic N) is 3. The van der Waals surface area contributed by atoms with Gasteiger partial charge in [-0.2, -0.15) is 0 Å². The predicted molar refractivity (Wildman–Crippen MR) is 189 cm³/mol. The van der Waals surface area contributed by atoms with Crippen LogP contribution in [-0.4, -0.2) is 78.3 Å². The van der Waals surface area contributed by atoms with Crippen molar-refractivity contribution in [2.24, 2.45) is 11.0 Å². The lowest BCUT2D eigenvalue weighted by Gasteiger charge is -2.24. The lowest BCUT2D eigenvalue weighted by molar-refractivity contribution is -0.152. The lowest BCUT2D eigenvalue weighted by atomic mass is 10.0. The van der Waals surface area contributed by atoms with Crippen LogP contribution >= 0.6 is 0 Å². The first-order chi connectivity index (χ1) is 23.3. The van der Waals surface area contributed by atoms with E-state index in [0.29, 0.717) is 29.9 Å². The molecule has 0 amide bonds. The van der Waals surface area contributed by atoms with Crippen molar-refractivity contribution >= 4 is 26.1 Å². The van der Waals surface area contributed by atoms with Crippen LogP contribution in [0.2, 0.25) is 25.7 Å². The van der Waals surface area contributed by atoms with Crippen molar-refractivity contribution in [3.8, 4) is 11.5 Å². The van der Waals surface area contributed by atoms with Crippen LogP contribution < -0.4 is 9.47 Å². The standard InChI is InChI=1S/C36H49N3O9Si/c1-25(23-38-39-37)17-18-29(46-34(40)26-13-10-9-11-14-26)33-30(47-36(2,3)48-33)16-12-15-27-21-28(43-5)22-31(45-24-42-4)32(27)35(41)44-19-20-49(6,7)8/h9-15,17-18,21-22,25,29-30,33H,16,19-20,23-24H2,1-8H3/b15-12+,18-17-/t25-,29?,30-,33-/m1/s1. The third kappa shape index (κ3) is 12.7. The van der Waals surface area contributed by atoms with Gasteiger partial charge in [0, 0.05) is 32.7 Å². The summed E-state index contributed by atoms with van der Waals surface area (Å²) in [7, 11) is 1.58. The van der Waals surface area contributed by atoms with Gasteiger partial charge < -0.3 is 33.2 Å². The van der Waals surface area contributed by atoms with Gasteiger partial charge in [0.1, 0.15) is 29.3 Å². The summed E-state index contributed by atoms with van der Waals surface area (Å²) in [4.78, 5) is 29.5. The van der Waals surface area contributed by atoms with E-state index in [1.54, 1.807) is 62.4 Å². The molecule has 266 valence electrons. The molecule has 1 fully saturated rings. The highest BCUT2D eigenvalue weighted by Gasteiger charge is 2.45. The van der Waals surface area contributed by atoms with Gasteiger partial charge in [0.2, 0.25) is 0 Å². The third-order valence-corrected chi connectivity index (χ3v) is 9.19. The average molecular weight is 696 g/mol. The van der Waals surface area contributed by atoms with Crippen LogP contribution in [-0.2, 0) is 23.7 Å². The summed E-state index contributed by atoms with van der Waals surface area (Å²) in [5.74, 6) is -1.37. The van der Waals surface area contributed by atoms with Crippen molar-refractivity contribution in [2.75, 3.05) is 34.2 Å². The molecule has 1 unspecified atom stereocenters. The monoisotopic (exact) mass is 695 g/mol. The molecule has 2 aromatic carbocycles. The fourth-order valence-corrected chi connectivity index (χ4v) is 5.71. The Labute approximate surface area is 289 Å². The van der Waals surface area contributed by atoms with Gasteiger partial charge in [0.15, 0.2) is 12.6 Å². The Hall–Kier alpha value is -4.13. The summed E-state index contributed by atoms with van der Waals surface area (Å²) in [6.07, 6.45) is 5.50. The van der Waals surface area contributed by atoms with E-state index < -0.39 is 44.1 Å². The number of hydrogen-bond acceptors (Lipinski definition) is 10. The highest BCUT2D eigenvalue weighted by molar-refractivity contribution is 6.76. The lowest BCUT2D eigenvalue weighted by Crippen LogP contribution is -2.37. The van der Waals surface area contributed by atoms with Gasteiger partial charge in [-0.3, -0.25) is 0 Å². The average Bonchev–Trinajstić information content (AvgIpc) is 3.37. The number of methoxy groups -OCH3 is 2. The second-order valence-electron chi connectivity index (χ2n) is 13.4. The fourth-order valence-electron chi connectivity index (χ4n) is 5.00. The van der Waals surface area contributed by atoms with Gasteiger partial charge in [-0.05, 0) is 67.6 Å². The van der Waals surface area contributed by atoms with Crippen molar-refractivity contribution in [3.05, 3.63) is 87.8 Å². The van der Waals surface area contributed by atoms with Crippen LogP contribution in [0.25, 0.3) is 16.5 Å². The molecule has 0 aliphatic carbocycles. The van der Waals surface area contributed by atoms with E-state index in [-0.39, 0.29) is 30.6 Å². The molecule has 49 heavy (non-hydrogen) atoms. The Morgan fingerprint density at radius 2 is 1.82 bits per heavy atom. The maximum Gasteiger partial charge on any atom is 0.342 e. The summed E-state index contributed by atoms with van der Waals surface area (Å²) in [6.45, 7) is 12.6. The van der Waals surface area contributed by atoms with Crippen LogP contribution in [0, 0.1) is 5.92 Å². The zero-order valence-electron chi connectivity index (χ0n) is 29.7. The first-order valence-electron chi connectivity index (χ1n) is 16.2. The van der Waals surface area contributed by atoms with E-state index in [4.69, 9.17) is 38.7 Å². The number of rotatable bonds is 18. The Morgan fingerprint density at radius 3 is 2.47 bits per heavy atom. The zero-order chi connectivity index (χ0) is 36.0. The molecule has 1 saturated heterocycles. The first kappa shape index (κ1) is 39.3. The number of ether oxygens (including phenoxy) is 7. The molecule has 0 saturated carbocycles. The van der Waals surface area contributed by atoms with E-state index >= 15 is 0 Å². The number of azide groups is 1. The molecule has 0 radical (unpaired) electrons. The maximum absolute atomic E-state index is 13.5. The van der Waals surface area contributed by atoms with Crippen LogP contribution in [0.4, 0.5) is 0 Å². The van der Waals surface area contributed by atoms with Gasteiger partial charge >= 0.3 is 11.9 Å². The smallest absolute Gasteiger partial charge is 0.342 e. The molecule has 3 rings (SSSR count). The van der Waals surface area contributed by atoms with Gasteiger partial charge in [-0.15, -0.1) is 0 Å². The topological polar surface area (TPSA) is 148 Å². The van der Waals surface area contributed by atoms with Crippen molar-refractivity contribution < 1.29 is 42.7 Å². The summed E-state index contributed by atoms with van der Waals surface area (Å²) >= 11 is 0. The van der Waals surface area contributed by atoms with E-state index in [0.717, 1.165) is 6.04 Å². The number of carbonyl (C=O) groups excluding carboxylic acids is 2. The Balaban J connectivity index is 1.94. The molecule has 12 nitrogen and oxygen atoms in total. The van der Waals surface area contributed by atoms with Crippen LogP contribution in [0.1, 0.15) is 53.5 Å². The summed E-state index contributed by atoms with van der Waals surface area (Å²) in [5.41, 5.74) is 9.91. The second kappa shape index (κ2) is 18.6. The molecule has 0 N–H and O–H groups in total. The van der Waals surface area contributed by atoms with Gasteiger partial charge in [0.25, 0.3) is 0 Å². The normalized spacial score (nSPS) is 18.5. The minimum Gasteiger partial charge on any atom is -0.497 e. The highest BCUT2D eigenvalue weighted by atomic mass is 28.3. The van der Waals surface area contributed by atoms with Gasteiger partial charge in [-0.25, -0.2) is 9.59 Å². The summed E-state index contributed by atoms with van der Waals surface area (Å²) < 4.78 is 40.7. The largest absolute Gasteiger partial charge is 0.497 e. The SMILES string of the molecule is COCOc1cc(OC)cc(/C=C/C[C@H]2OC(C)(C)O[C@@H]2C(/C=C\[C@@H](C)CN=[N+]=[N-])OC(=O)c2ccccc2)c1C(=O)OCC[Si](C)(C)C. The molecule has 4 atom stereocenters. The minimum atomic E-state index is -1.44. The van der Waals surface area contributed by atoms with Crippen molar-refractivity contribution in [1.82, 2.24) is 0 Å². The zero-order valence-corrected chi connectivity index (χ0v) is 30.7. The molecular formula is C36H49N3O9Si. The van der Waals surface area contributed by atoms with Crippen LogP contribution in [0.5, 0.6) is 11.5 Å². The molecule has 2 aromatic rings. The number of carbonyl (C=O) groups is 2. The Morgan fingerprint density at radius 1 is 1.08 bits per heavy atom. The van der Waals surface area contributed by atoms with Crippen molar-refractivity contribution in [1.29, 1.82) is 0 Å². The van der Waals surface area contributed by atoms with E-state index in [9.17, 15) is 9.59 Å². The van der Waals surface area contributed by atoms with Crippen molar-refractivity contribution in [3.63, 3.8) is 0 Å². The number of benzene rings is 2. The van der Waals surface area contributed by atoms with Gasteiger partial charge in [-0.1, -0.05) is 68.1 Å². The number of hydrogen-bond donors (Lipinski definition) is 0. The van der Waals surface area contributed by atoms with Gasteiger partial charge in [0.05, 0.1) is 25.4 Å². The van der Waals surface area contributed by atoms with Crippen LogP contribution in [0.15, 0.2) is 65.8 Å². The molecule has 1 aliphatic heterocycles. The van der Waals surface area contributed by atoms with E-state index in [1.165, 1.54) is 14.2 Å². The summed E-state index contributed by atoms with van der Waals surface area (Å²) in [5, 5.41) is 3.64. The number of esters is 2. The molecule has 0 bridgehead atoms. The van der Waals surface area contributed by atoms with Crippen molar-refractivity contribution in [2.45, 2.75) is 77.0 Å². The highest BCUT2D eigenvalue weighted by Crippen LogP contribution is 2.35. The minimum absolute atomic E-state index is 0.0758. The van der Waals surface area contributed by atoms with Crippen LogP contribution in [0.3, 0.4) is 0 Å². The quantitative estimate of drug-likeness (QED) is 0.0289. The molecule has 1 aliphatic rings.